The average molecular weight is 324 g/mol. The number of nitrogens with one attached hydrogen (secondary N) is 1. The summed E-state index contributed by atoms with van der Waals surface area (Å²) in [6, 6.07) is 12.0. The zero-order valence-corrected chi connectivity index (χ0v) is 13.7. The molecule has 2 heterocycles. The molecule has 0 bridgehead atoms. The van der Waals surface area contributed by atoms with Gasteiger partial charge in [-0.15, -0.1) is 11.8 Å². The Hall–Kier alpha value is -2.52. The molecule has 0 aliphatic rings. The normalized spacial score (nSPS) is 11.0. The van der Waals surface area contributed by atoms with Gasteiger partial charge in [-0.2, -0.15) is 5.26 Å². The number of aromatic amines is 1. The number of thioether (sulfide) groups is 1. The lowest BCUT2D eigenvalue weighted by Gasteiger charge is -2.06. The molecule has 5 nitrogen and oxygen atoms in total. The molecule has 0 aliphatic heterocycles. The molecule has 0 fully saturated rings. The average Bonchev–Trinajstić information content (AvgIpc) is 2.97. The molecule has 0 atom stereocenters. The number of benzene rings is 1. The summed E-state index contributed by atoms with van der Waals surface area (Å²) in [5.41, 5.74) is 2.52. The van der Waals surface area contributed by atoms with Gasteiger partial charge in [0.1, 0.15) is 11.6 Å². The zero-order chi connectivity index (χ0) is 16.4. The number of hydrogen-bond donors (Lipinski definition) is 1. The molecule has 0 unspecified atom stereocenters. The third-order valence-electron chi connectivity index (χ3n) is 3.60. The monoisotopic (exact) mass is 324 g/mol. The van der Waals surface area contributed by atoms with E-state index >= 15 is 0 Å². The number of hydrogen-bond acceptors (Lipinski definition) is 4. The van der Waals surface area contributed by atoms with E-state index in [2.05, 4.69) is 48.2 Å². The van der Waals surface area contributed by atoms with E-state index in [0.29, 0.717) is 28.6 Å². The standard InChI is InChI=1S/C17H16N4OS/c1-11(2)12-3-5-15(6-4-12)23-10-14-7-16(22)21-17(20-14)13(8-18)9-19-21/h3-7,9,11,19H,10H2,1-2H3. The van der Waals surface area contributed by atoms with Crippen molar-refractivity contribution in [3.8, 4) is 6.07 Å². The van der Waals surface area contributed by atoms with Crippen LogP contribution in [0.15, 0.2) is 46.2 Å². The van der Waals surface area contributed by atoms with Gasteiger partial charge in [0, 0.05) is 22.9 Å². The second kappa shape index (κ2) is 6.31. The first-order valence-electron chi connectivity index (χ1n) is 7.31. The van der Waals surface area contributed by atoms with Crippen molar-refractivity contribution in [1.29, 1.82) is 5.26 Å². The largest absolute Gasteiger partial charge is 0.295 e. The van der Waals surface area contributed by atoms with Gasteiger partial charge in [-0.05, 0) is 23.6 Å². The molecule has 3 rings (SSSR count). The summed E-state index contributed by atoms with van der Waals surface area (Å²) in [6.45, 7) is 4.33. The van der Waals surface area contributed by atoms with E-state index in [1.54, 1.807) is 11.8 Å². The maximum atomic E-state index is 12.0. The summed E-state index contributed by atoms with van der Waals surface area (Å²) in [5.74, 6) is 1.10. The molecule has 1 N–H and O–H groups in total. The maximum absolute atomic E-state index is 12.0. The molecule has 0 saturated heterocycles. The minimum atomic E-state index is -0.206. The van der Waals surface area contributed by atoms with Crippen LogP contribution in [-0.4, -0.2) is 14.6 Å². The fraction of sp³-hybridized carbons (Fsp3) is 0.235. The van der Waals surface area contributed by atoms with E-state index in [9.17, 15) is 4.79 Å². The predicted octanol–water partition coefficient (Wildman–Crippen LogP) is 3.31. The molecule has 116 valence electrons. The van der Waals surface area contributed by atoms with Gasteiger partial charge in [-0.1, -0.05) is 26.0 Å². The summed E-state index contributed by atoms with van der Waals surface area (Å²) >= 11 is 1.62. The van der Waals surface area contributed by atoms with Gasteiger partial charge >= 0.3 is 0 Å². The van der Waals surface area contributed by atoms with Crippen LogP contribution in [0.5, 0.6) is 0 Å². The molecular weight excluding hydrogens is 308 g/mol. The third kappa shape index (κ3) is 3.15. The van der Waals surface area contributed by atoms with Crippen molar-refractivity contribution in [3.05, 3.63) is 63.7 Å². The van der Waals surface area contributed by atoms with Crippen molar-refractivity contribution in [3.63, 3.8) is 0 Å². The summed E-state index contributed by atoms with van der Waals surface area (Å²) in [6.07, 6.45) is 1.49. The first-order chi connectivity index (χ1) is 11.1. The Morgan fingerprint density at radius 1 is 1.35 bits per heavy atom. The minimum absolute atomic E-state index is 0.206. The second-order valence-electron chi connectivity index (χ2n) is 5.56. The molecular formula is C17H16N4OS. The number of rotatable bonds is 4. The number of aromatic nitrogens is 3. The van der Waals surface area contributed by atoms with Gasteiger partial charge in [0.25, 0.3) is 5.56 Å². The Morgan fingerprint density at radius 3 is 2.74 bits per heavy atom. The zero-order valence-electron chi connectivity index (χ0n) is 12.9. The second-order valence-corrected chi connectivity index (χ2v) is 6.60. The molecule has 0 spiro atoms. The van der Waals surface area contributed by atoms with Crippen molar-refractivity contribution in [2.75, 3.05) is 0 Å². The van der Waals surface area contributed by atoms with Crippen LogP contribution in [0.4, 0.5) is 0 Å². The van der Waals surface area contributed by atoms with Crippen LogP contribution in [0.2, 0.25) is 0 Å². The van der Waals surface area contributed by atoms with E-state index in [4.69, 9.17) is 5.26 Å². The molecule has 0 aliphatic carbocycles. The molecule has 3 aromatic rings. The number of H-pyrrole nitrogens is 1. The SMILES string of the molecule is CC(C)c1ccc(SCc2cc(=O)n3[nH]cc(C#N)c3n2)cc1. The summed E-state index contributed by atoms with van der Waals surface area (Å²) < 4.78 is 1.28. The number of fused-ring (bicyclic) bond motifs is 1. The molecule has 1 aromatic carbocycles. The van der Waals surface area contributed by atoms with Crippen LogP contribution in [0.1, 0.15) is 36.6 Å². The highest BCUT2D eigenvalue weighted by Gasteiger charge is 2.09. The van der Waals surface area contributed by atoms with Crippen LogP contribution in [0.25, 0.3) is 5.65 Å². The molecule has 0 amide bonds. The molecule has 6 heteroatoms. The highest BCUT2D eigenvalue weighted by Crippen LogP contribution is 2.24. The maximum Gasteiger partial charge on any atom is 0.272 e. The van der Waals surface area contributed by atoms with Crippen LogP contribution >= 0.6 is 11.8 Å². The van der Waals surface area contributed by atoms with Crippen molar-refractivity contribution < 1.29 is 0 Å². The summed E-state index contributed by atoms with van der Waals surface area (Å²) in [7, 11) is 0. The van der Waals surface area contributed by atoms with Gasteiger partial charge in [0.15, 0.2) is 5.65 Å². The van der Waals surface area contributed by atoms with E-state index < -0.39 is 0 Å². The van der Waals surface area contributed by atoms with E-state index in [1.165, 1.54) is 22.3 Å². The fourth-order valence-corrected chi connectivity index (χ4v) is 3.08. The fourth-order valence-electron chi connectivity index (χ4n) is 2.29. The summed E-state index contributed by atoms with van der Waals surface area (Å²) in [4.78, 5) is 17.6. The van der Waals surface area contributed by atoms with Crippen molar-refractivity contribution >= 4 is 17.4 Å². The van der Waals surface area contributed by atoms with Gasteiger partial charge in [0.2, 0.25) is 0 Å². The van der Waals surface area contributed by atoms with Crippen molar-refractivity contribution in [2.45, 2.75) is 30.4 Å². The lowest BCUT2D eigenvalue weighted by Crippen LogP contribution is -2.15. The minimum Gasteiger partial charge on any atom is -0.295 e. The van der Waals surface area contributed by atoms with Crippen LogP contribution < -0.4 is 5.56 Å². The van der Waals surface area contributed by atoms with Crippen LogP contribution in [0, 0.1) is 11.3 Å². The van der Waals surface area contributed by atoms with Gasteiger partial charge < -0.3 is 0 Å². The number of nitriles is 1. The first-order valence-corrected chi connectivity index (χ1v) is 8.30. The van der Waals surface area contributed by atoms with E-state index in [0.717, 1.165) is 4.90 Å². The smallest absolute Gasteiger partial charge is 0.272 e. The Labute approximate surface area is 138 Å². The Bertz CT molecular complexity index is 932. The molecule has 0 saturated carbocycles. The Balaban J connectivity index is 1.82. The molecule has 2 aromatic heterocycles. The van der Waals surface area contributed by atoms with E-state index in [1.807, 2.05) is 6.07 Å². The van der Waals surface area contributed by atoms with E-state index in [-0.39, 0.29) is 5.56 Å². The van der Waals surface area contributed by atoms with Crippen LogP contribution in [-0.2, 0) is 5.75 Å². The topological polar surface area (TPSA) is 73.9 Å². The highest BCUT2D eigenvalue weighted by molar-refractivity contribution is 7.98. The first kappa shape index (κ1) is 15.4. The Morgan fingerprint density at radius 2 is 2.09 bits per heavy atom. The van der Waals surface area contributed by atoms with Gasteiger partial charge in [0.05, 0.1) is 5.69 Å². The Kier molecular flexibility index (Phi) is 4.22. The third-order valence-corrected chi connectivity index (χ3v) is 4.65. The van der Waals surface area contributed by atoms with Crippen molar-refractivity contribution in [1.82, 2.24) is 14.6 Å². The number of nitrogens with zero attached hydrogens (tertiary/aromatic N) is 3. The lowest BCUT2D eigenvalue weighted by molar-refractivity contribution is 0.865. The molecule has 0 radical (unpaired) electrons. The summed E-state index contributed by atoms with van der Waals surface area (Å²) in [5, 5.41) is 11.8. The van der Waals surface area contributed by atoms with Gasteiger partial charge in [-0.25, -0.2) is 9.50 Å². The highest BCUT2D eigenvalue weighted by atomic mass is 32.2. The van der Waals surface area contributed by atoms with Crippen molar-refractivity contribution in [2.24, 2.45) is 0 Å². The molecule has 23 heavy (non-hydrogen) atoms. The lowest BCUT2D eigenvalue weighted by atomic mass is 10.0. The predicted molar refractivity (Wildman–Crippen MR) is 90.6 cm³/mol. The van der Waals surface area contributed by atoms with Gasteiger partial charge in [-0.3, -0.25) is 9.89 Å². The quantitative estimate of drug-likeness (QED) is 0.747. The van der Waals surface area contributed by atoms with Crippen LogP contribution in [0.3, 0.4) is 0 Å².